The normalized spacial score (nSPS) is 15.0. The number of hydrogen-bond acceptors (Lipinski definition) is 10. The summed E-state index contributed by atoms with van der Waals surface area (Å²) in [5.74, 6) is 3.19. The van der Waals surface area contributed by atoms with Crippen LogP contribution in [-0.2, 0) is 0 Å². The molecule has 2 aromatic heterocycles. The summed E-state index contributed by atoms with van der Waals surface area (Å²) in [6, 6.07) is 11.1. The molecule has 0 unspecified atom stereocenters. The average Bonchev–Trinajstić information content (AvgIpc) is 3.61. The Morgan fingerprint density at radius 1 is 1.11 bits per heavy atom. The molecule has 0 amide bonds. The van der Waals surface area contributed by atoms with E-state index in [-0.39, 0.29) is 12.6 Å². The first-order valence-corrected chi connectivity index (χ1v) is 11.8. The zero-order chi connectivity index (χ0) is 25.9. The van der Waals surface area contributed by atoms with Gasteiger partial charge in [-0.1, -0.05) is 0 Å². The highest BCUT2D eigenvalue weighted by atomic mass is 16.5. The van der Waals surface area contributed by atoms with E-state index >= 15 is 0 Å². The number of fused-ring (bicyclic) bond motifs is 1. The fourth-order valence-corrected chi connectivity index (χ4v) is 4.57. The highest BCUT2D eigenvalue weighted by Crippen LogP contribution is 2.39. The predicted octanol–water partition coefficient (Wildman–Crippen LogP) is 3.42. The summed E-state index contributed by atoms with van der Waals surface area (Å²) in [5, 5.41) is 23.3. The number of methoxy groups -OCH3 is 3. The van der Waals surface area contributed by atoms with Gasteiger partial charge in [-0.3, -0.25) is 0 Å². The van der Waals surface area contributed by atoms with Gasteiger partial charge in [0.2, 0.25) is 11.7 Å². The second-order valence-electron chi connectivity index (χ2n) is 8.56. The van der Waals surface area contributed by atoms with Crippen molar-refractivity contribution in [2.75, 3.05) is 44.7 Å². The summed E-state index contributed by atoms with van der Waals surface area (Å²) < 4.78 is 18.2. The molecule has 2 N–H and O–H groups in total. The standard InChI is InChI=1S/C26H27N7O4/c1-35-21-10-18(11-22(36-2)24(21)37-3)32-13-23(28-15-32)30-25-19-7-6-16(12-27)9-20(19)29-26(31-25)33-8-4-5-17(33)14-34/h6-7,9-11,13,15,17,34H,4-5,8,14H2,1-3H3,(H,29,30,31)/t17-/m1/s1. The molecule has 4 aromatic rings. The van der Waals surface area contributed by atoms with E-state index in [9.17, 15) is 10.4 Å². The maximum Gasteiger partial charge on any atom is 0.228 e. The van der Waals surface area contributed by atoms with Gasteiger partial charge >= 0.3 is 0 Å². The number of nitrogens with one attached hydrogen (secondary N) is 1. The van der Waals surface area contributed by atoms with Gasteiger partial charge in [0.05, 0.1) is 63.0 Å². The van der Waals surface area contributed by atoms with E-state index in [1.807, 2.05) is 33.9 Å². The van der Waals surface area contributed by atoms with Crippen LogP contribution in [-0.4, -0.2) is 65.1 Å². The van der Waals surface area contributed by atoms with Crippen LogP contribution in [0.15, 0.2) is 42.9 Å². The van der Waals surface area contributed by atoms with E-state index < -0.39 is 0 Å². The molecule has 0 bridgehead atoms. The fraction of sp³-hybridized carbons (Fsp3) is 0.308. The van der Waals surface area contributed by atoms with E-state index in [0.717, 1.165) is 30.5 Å². The number of rotatable bonds is 8. The maximum atomic E-state index is 9.82. The molecule has 1 aliphatic heterocycles. The molecule has 190 valence electrons. The quantitative estimate of drug-likeness (QED) is 0.370. The second kappa shape index (κ2) is 10.2. The molecular formula is C26H27N7O4. The Balaban J connectivity index is 1.53. The highest BCUT2D eigenvalue weighted by molar-refractivity contribution is 5.92. The van der Waals surface area contributed by atoms with Gasteiger partial charge in [-0.05, 0) is 31.0 Å². The number of nitrogens with zero attached hydrogens (tertiary/aromatic N) is 6. The number of aliphatic hydroxyl groups is 1. The lowest BCUT2D eigenvalue weighted by Gasteiger charge is -2.24. The van der Waals surface area contributed by atoms with E-state index in [4.69, 9.17) is 24.2 Å². The van der Waals surface area contributed by atoms with Gasteiger partial charge in [0.1, 0.15) is 18.0 Å². The van der Waals surface area contributed by atoms with Gasteiger partial charge in [-0.25, -0.2) is 9.97 Å². The topological polar surface area (TPSA) is 131 Å². The Hall–Kier alpha value is -4.56. The number of benzene rings is 2. The van der Waals surface area contributed by atoms with Gasteiger partial charge in [-0.2, -0.15) is 10.2 Å². The number of aliphatic hydroxyl groups excluding tert-OH is 1. The zero-order valence-corrected chi connectivity index (χ0v) is 20.8. The SMILES string of the molecule is COc1cc(-n2cnc(Nc3nc(N4CCC[C@@H]4CO)nc4cc(C#N)ccc34)c2)cc(OC)c1OC. The zero-order valence-electron chi connectivity index (χ0n) is 20.8. The van der Waals surface area contributed by atoms with Crippen molar-refractivity contribution in [1.82, 2.24) is 19.5 Å². The van der Waals surface area contributed by atoms with E-state index in [0.29, 0.717) is 45.9 Å². The molecule has 11 heteroatoms. The van der Waals surface area contributed by atoms with Gasteiger partial charge in [-0.15, -0.1) is 0 Å². The van der Waals surface area contributed by atoms with Crippen molar-refractivity contribution in [1.29, 1.82) is 5.26 Å². The third-order valence-electron chi connectivity index (χ3n) is 6.44. The lowest BCUT2D eigenvalue weighted by Crippen LogP contribution is -2.33. The molecule has 1 fully saturated rings. The molecule has 0 spiro atoms. The van der Waals surface area contributed by atoms with Crippen molar-refractivity contribution in [3.05, 3.63) is 48.4 Å². The molecular weight excluding hydrogens is 474 g/mol. The van der Waals surface area contributed by atoms with Crippen LogP contribution in [0, 0.1) is 11.3 Å². The van der Waals surface area contributed by atoms with Crippen LogP contribution in [0.2, 0.25) is 0 Å². The molecule has 0 aliphatic carbocycles. The summed E-state index contributed by atoms with van der Waals surface area (Å²) in [4.78, 5) is 16.0. The van der Waals surface area contributed by atoms with Crippen molar-refractivity contribution < 1.29 is 19.3 Å². The van der Waals surface area contributed by atoms with Crippen LogP contribution in [0.3, 0.4) is 0 Å². The lowest BCUT2D eigenvalue weighted by atomic mass is 10.1. The van der Waals surface area contributed by atoms with Crippen molar-refractivity contribution in [2.24, 2.45) is 0 Å². The molecule has 1 aliphatic rings. The monoisotopic (exact) mass is 501 g/mol. The fourth-order valence-electron chi connectivity index (χ4n) is 4.57. The minimum absolute atomic E-state index is 0.0294. The Kier molecular flexibility index (Phi) is 6.66. The Labute approximate surface area is 213 Å². The van der Waals surface area contributed by atoms with Crippen molar-refractivity contribution in [3.8, 4) is 29.0 Å². The van der Waals surface area contributed by atoms with Gasteiger partial charge in [0.15, 0.2) is 11.5 Å². The van der Waals surface area contributed by atoms with E-state index in [1.54, 1.807) is 39.8 Å². The van der Waals surface area contributed by atoms with Crippen LogP contribution in [0.25, 0.3) is 16.6 Å². The molecule has 2 aromatic carbocycles. The minimum atomic E-state index is -0.0382. The number of nitriles is 1. The third kappa shape index (κ3) is 4.54. The predicted molar refractivity (Wildman–Crippen MR) is 138 cm³/mol. The summed E-state index contributed by atoms with van der Waals surface area (Å²) in [7, 11) is 4.70. The van der Waals surface area contributed by atoms with Crippen LogP contribution in [0.5, 0.6) is 17.2 Å². The minimum Gasteiger partial charge on any atom is -0.493 e. The summed E-state index contributed by atoms with van der Waals surface area (Å²) in [6.45, 7) is 0.783. The third-order valence-corrected chi connectivity index (χ3v) is 6.44. The molecule has 11 nitrogen and oxygen atoms in total. The summed E-state index contributed by atoms with van der Waals surface area (Å²) in [6.07, 6.45) is 5.32. The first kappa shape index (κ1) is 24.1. The van der Waals surface area contributed by atoms with Crippen LogP contribution < -0.4 is 24.4 Å². The number of anilines is 3. The van der Waals surface area contributed by atoms with Gasteiger partial charge in [0, 0.05) is 24.1 Å². The number of imidazole rings is 1. The van der Waals surface area contributed by atoms with Gasteiger partial charge < -0.3 is 34.1 Å². The van der Waals surface area contributed by atoms with E-state index in [2.05, 4.69) is 16.4 Å². The summed E-state index contributed by atoms with van der Waals surface area (Å²) >= 11 is 0. The first-order chi connectivity index (χ1) is 18.1. The smallest absolute Gasteiger partial charge is 0.228 e. The summed E-state index contributed by atoms with van der Waals surface area (Å²) in [5.41, 5.74) is 1.92. The second-order valence-corrected chi connectivity index (χ2v) is 8.56. The van der Waals surface area contributed by atoms with Gasteiger partial charge in [0.25, 0.3) is 0 Å². The van der Waals surface area contributed by atoms with E-state index in [1.165, 1.54) is 0 Å². The largest absolute Gasteiger partial charge is 0.493 e. The maximum absolute atomic E-state index is 9.82. The highest BCUT2D eigenvalue weighted by Gasteiger charge is 2.27. The molecule has 0 saturated carbocycles. The average molecular weight is 502 g/mol. The van der Waals surface area contributed by atoms with Crippen LogP contribution in [0.1, 0.15) is 18.4 Å². The first-order valence-electron chi connectivity index (χ1n) is 11.8. The molecule has 3 heterocycles. The van der Waals surface area contributed by atoms with Crippen molar-refractivity contribution >= 4 is 28.5 Å². The van der Waals surface area contributed by atoms with Crippen LogP contribution >= 0.6 is 0 Å². The van der Waals surface area contributed by atoms with Crippen molar-refractivity contribution in [3.63, 3.8) is 0 Å². The number of hydrogen-bond donors (Lipinski definition) is 2. The number of aromatic nitrogens is 4. The molecule has 37 heavy (non-hydrogen) atoms. The number of ether oxygens (including phenoxy) is 3. The Morgan fingerprint density at radius 3 is 2.57 bits per heavy atom. The molecule has 0 radical (unpaired) electrons. The Morgan fingerprint density at radius 2 is 1.89 bits per heavy atom. The Bertz CT molecular complexity index is 1450. The lowest BCUT2D eigenvalue weighted by molar-refractivity contribution is 0.265. The molecule has 1 atom stereocenters. The molecule has 1 saturated heterocycles. The van der Waals surface area contributed by atoms with Crippen LogP contribution in [0.4, 0.5) is 17.6 Å². The van der Waals surface area contributed by atoms with Crippen molar-refractivity contribution in [2.45, 2.75) is 18.9 Å². The molecule has 5 rings (SSSR count).